The molecule has 0 fully saturated rings. The van der Waals surface area contributed by atoms with Crippen molar-refractivity contribution in [1.82, 2.24) is 0 Å². The minimum Gasteiger partial charge on any atom is -0.457 e. The Hall–Kier alpha value is -3.60. The fourth-order valence-electron chi connectivity index (χ4n) is 3.15. The second-order valence-corrected chi connectivity index (χ2v) is 7.71. The van der Waals surface area contributed by atoms with E-state index in [0.717, 1.165) is 0 Å². The van der Waals surface area contributed by atoms with E-state index in [1.54, 1.807) is 72.8 Å². The Balaban J connectivity index is 1.65. The largest absolute Gasteiger partial charge is 0.457 e. The van der Waals surface area contributed by atoms with Crippen LogP contribution in [-0.2, 0) is 0 Å². The molecule has 0 aliphatic rings. The second-order valence-electron chi connectivity index (χ2n) is 6.86. The van der Waals surface area contributed by atoms with Crippen molar-refractivity contribution < 1.29 is 14.3 Å². The Morgan fingerprint density at radius 1 is 0.688 bits per heavy atom. The summed E-state index contributed by atoms with van der Waals surface area (Å²) in [5.41, 5.74) is 1.20. The van der Waals surface area contributed by atoms with E-state index in [0.29, 0.717) is 38.4 Å². The fourth-order valence-corrected chi connectivity index (χ4v) is 3.55. The summed E-state index contributed by atoms with van der Waals surface area (Å²) in [6.45, 7) is 0. The van der Waals surface area contributed by atoms with Crippen molar-refractivity contribution in [3.05, 3.63) is 124 Å². The number of nitrogens with one attached hydrogen (secondary N) is 1. The van der Waals surface area contributed by atoms with Gasteiger partial charge in [0, 0.05) is 16.1 Å². The summed E-state index contributed by atoms with van der Waals surface area (Å²) in [5, 5.41) is 3.49. The van der Waals surface area contributed by atoms with E-state index in [9.17, 15) is 9.59 Å². The van der Waals surface area contributed by atoms with Gasteiger partial charge in [-0.2, -0.15) is 0 Å². The van der Waals surface area contributed by atoms with Gasteiger partial charge in [-0.1, -0.05) is 65.7 Å². The molecule has 4 aromatic carbocycles. The molecule has 4 nitrogen and oxygen atoms in total. The third-order valence-electron chi connectivity index (χ3n) is 4.70. The SMILES string of the molecule is O=C(c1ccccc1Cl)c1cc(Cl)ccc1NC(=O)c1ccccc1Oc1ccccc1. The third-order valence-corrected chi connectivity index (χ3v) is 5.26. The van der Waals surface area contributed by atoms with Gasteiger partial charge in [-0.15, -0.1) is 0 Å². The standard InChI is InChI=1S/C26H17Cl2NO3/c27-17-14-15-23(21(16-17)25(30)19-10-4-6-12-22(19)28)29-26(31)20-11-5-7-13-24(20)32-18-8-2-1-3-9-18/h1-16H,(H,29,31). The van der Waals surface area contributed by atoms with Crippen LogP contribution in [0.4, 0.5) is 5.69 Å². The van der Waals surface area contributed by atoms with E-state index in [1.807, 2.05) is 18.2 Å². The van der Waals surface area contributed by atoms with Crippen LogP contribution >= 0.6 is 23.2 Å². The maximum Gasteiger partial charge on any atom is 0.259 e. The van der Waals surface area contributed by atoms with Crippen molar-refractivity contribution in [2.45, 2.75) is 0 Å². The van der Waals surface area contributed by atoms with Crippen LogP contribution in [0.25, 0.3) is 0 Å². The summed E-state index contributed by atoms with van der Waals surface area (Å²) in [7, 11) is 0. The number of para-hydroxylation sites is 2. The quantitative estimate of drug-likeness (QED) is 0.307. The second kappa shape index (κ2) is 9.69. The van der Waals surface area contributed by atoms with Crippen LogP contribution in [0.1, 0.15) is 26.3 Å². The van der Waals surface area contributed by atoms with Gasteiger partial charge < -0.3 is 10.1 Å². The number of rotatable bonds is 6. The minimum atomic E-state index is -0.424. The smallest absolute Gasteiger partial charge is 0.259 e. The van der Waals surface area contributed by atoms with Crippen LogP contribution in [-0.4, -0.2) is 11.7 Å². The molecule has 32 heavy (non-hydrogen) atoms. The fraction of sp³-hybridized carbons (Fsp3) is 0. The van der Waals surface area contributed by atoms with Crippen molar-refractivity contribution >= 4 is 40.6 Å². The lowest BCUT2D eigenvalue weighted by Crippen LogP contribution is -2.16. The first-order valence-electron chi connectivity index (χ1n) is 9.75. The van der Waals surface area contributed by atoms with Crippen molar-refractivity contribution in [2.75, 3.05) is 5.32 Å². The number of hydrogen-bond donors (Lipinski definition) is 1. The van der Waals surface area contributed by atoms with Gasteiger partial charge in [0.15, 0.2) is 5.78 Å². The monoisotopic (exact) mass is 461 g/mol. The number of carbonyl (C=O) groups is 2. The molecule has 158 valence electrons. The average Bonchev–Trinajstić information content (AvgIpc) is 2.81. The molecule has 0 atom stereocenters. The number of halogens is 2. The first kappa shape index (κ1) is 21.6. The summed E-state index contributed by atoms with van der Waals surface area (Å²) < 4.78 is 5.88. The van der Waals surface area contributed by atoms with Gasteiger partial charge >= 0.3 is 0 Å². The lowest BCUT2D eigenvalue weighted by molar-refractivity contribution is 0.102. The maximum absolute atomic E-state index is 13.1. The van der Waals surface area contributed by atoms with E-state index in [2.05, 4.69) is 5.32 Å². The minimum absolute atomic E-state index is 0.236. The molecule has 0 aromatic heterocycles. The molecule has 0 saturated heterocycles. The molecule has 0 saturated carbocycles. The molecule has 6 heteroatoms. The first-order valence-corrected chi connectivity index (χ1v) is 10.5. The Kier molecular flexibility index (Phi) is 6.55. The van der Waals surface area contributed by atoms with E-state index < -0.39 is 5.91 Å². The Bertz CT molecular complexity index is 1290. The van der Waals surface area contributed by atoms with Crippen LogP contribution in [0, 0.1) is 0 Å². The van der Waals surface area contributed by atoms with Crippen LogP contribution in [0.3, 0.4) is 0 Å². The summed E-state index contributed by atoms with van der Waals surface area (Å²) in [6, 6.07) is 27.5. The lowest BCUT2D eigenvalue weighted by Gasteiger charge is -2.14. The molecular weight excluding hydrogens is 445 g/mol. The summed E-state index contributed by atoms with van der Waals surface area (Å²) >= 11 is 12.3. The average molecular weight is 462 g/mol. The molecule has 0 bridgehead atoms. The number of amides is 1. The molecule has 4 rings (SSSR count). The van der Waals surface area contributed by atoms with Crippen molar-refractivity contribution in [2.24, 2.45) is 0 Å². The molecule has 0 aliphatic heterocycles. The highest BCUT2D eigenvalue weighted by Gasteiger charge is 2.20. The van der Waals surface area contributed by atoms with Crippen molar-refractivity contribution in [3.63, 3.8) is 0 Å². The van der Waals surface area contributed by atoms with Crippen LogP contribution in [0.2, 0.25) is 10.0 Å². The van der Waals surface area contributed by atoms with Gasteiger partial charge in [0.1, 0.15) is 11.5 Å². The van der Waals surface area contributed by atoms with E-state index in [-0.39, 0.29) is 11.3 Å². The molecule has 4 aromatic rings. The number of ketones is 1. The van der Waals surface area contributed by atoms with Gasteiger partial charge in [0.25, 0.3) is 5.91 Å². The highest BCUT2D eigenvalue weighted by Crippen LogP contribution is 2.29. The maximum atomic E-state index is 13.1. The molecule has 0 radical (unpaired) electrons. The van der Waals surface area contributed by atoms with Gasteiger partial charge in [-0.25, -0.2) is 0 Å². The Labute approximate surface area is 195 Å². The molecule has 1 N–H and O–H groups in total. The lowest BCUT2D eigenvalue weighted by atomic mass is 10.0. The van der Waals surface area contributed by atoms with Gasteiger partial charge in [0.2, 0.25) is 0 Å². The van der Waals surface area contributed by atoms with E-state index in [1.165, 1.54) is 6.07 Å². The van der Waals surface area contributed by atoms with Gasteiger partial charge in [0.05, 0.1) is 16.3 Å². The predicted molar refractivity (Wildman–Crippen MR) is 127 cm³/mol. The van der Waals surface area contributed by atoms with Crippen LogP contribution in [0.15, 0.2) is 97.1 Å². The van der Waals surface area contributed by atoms with Crippen LogP contribution in [0.5, 0.6) is 11.5 Å². The Morgan fingerprint density at radius 2 is 1.34 bits per heavy atom. The van der Waals surface area contributed by atoms with E-state index >= 15 is 0 Å². The zero-order valence-corrected chi connectivity index (χ0v) is 18.2. The van der Waals surface area contributed by atoms with Crippen molar-refractivity contribution in [3.8, 4) is 11.5 Å². The third kappa shape index (κ3) is 4.83. The van der Waals surface area contributed by atoms with E-state index in [4.69, 9.17) is 27.9 Å². The molecular formula is C26H17Cl2NO3. The summed E-state index contributed by atoms with van der Waals surface area (Å²) in [4.78, 5) is 26.3. The number of hydrogen-bond acceptors (Lipinski definition) is 3. The molecule has 0 heterocycles. The summed E-state index contributed by atoms with van der Waals surface area (Å²) in [6.07, 6.45) is 0. The molecule has 0 unspecified atom stereocenters. The first-order chi connectivity index (χ1) is 15.5. The molecule has 0 spiro atoms. The molecule has 1 amide bonds. The predicted octanol–water partition coefficient (Wildman–Crippen LogP) is 7.27. The topological polar surface area (TPSA) is 55.4 Å². The van der Waals surface area contributed by atoms with Crippen molar-refractivity contribution in [1.29, 1.82) is 0 Å². The highest BCUT2D eigenvalue weighted by atomic mass is 35.5. The molecule has 0 aliphatic carbocycles. The normalized spacial score (nSPS) is 10.4. The zero-order chi connectivity index (χ0) is 22.5. The number of ether oxygens (including phenoxy) is 1. The number of anilines is 1. The highest BCUT2D eigenvalue weighted by molar-refractivity contribution is 6.36. The van der Waals surface area contributed by atoms with Gasteiger partial charge in [-0.3, -0.25) is 9.59 Å². The number of carbonyl (C=O) groups excluding carboxylic acids is 2. The van der Waals surface area contributed by atoms with Crippen LogP contribution < -0.4 is 10.1 Å². The summed E-state index contributed by atoms with van der Waals surface area (Å²) in [5.74, 6) is 0.229. The number of benzene rings is 4. The Morgan fingerprint density at radius 3 is 2.09 bits per heavy atom. The zero-order valence-electron chi connectivity index (χ0n) is 16.7. The van der Waals surface area contributed by atoms with Gasteiger partial charge in [-0.05, 0) is 54.6 Å².